The molecule has 6 heteroatoms. The van der Waals surface area contributed by atoms with Gasteiger partial charge in [-0.25, -0.2) is 4.79 Å². The summed E-state index contributed by atoms with van der Waals surface area (Å²) in [7, 11) is 1.51. The van der Waals surface area contributed by atoms with Crippen LogP contribution in [0.5, 0.6) is 5.75 Å². The third-order valence-corrected chi connectivity index (χ3v) is 2.45. The Bertz CT molecular complexity index is 471. The van der Waals surface area contributed by atoms with E-state index in [1.165, 1.54) is 7.11 Å². The number of aliphatic carboxylic acids is 1. The highest BCUT2D eigenvalue weighted by Gasteiger charge is 2.03. The Morgan fingerprint density at radius 3 is 2.71 bits per heavy atom. The third-order valence-electron chi connectivity index (χ3n) is 1.80. The highest BCUT2D eigenvalue weighted by molar-refractivity contribution is 9.10. The molecule has 17 heavy (non-hydrogen) atoms. The van der Waals surface area contributed by atoms with Gasteiger partial charge in [-0.05, 0) is 28.1 Å². The summed E-state index contributed by atoms with van der Waals surface area (Å²) in [6, 6.07) is 5.01. The van der Waals surface area contributed by atoms with Crippen molar-refractivity contribution in [2.45, 2.75) is 0 Å². The lowest BCUT2D eigenvalue weighted by Crippen LogP contribution is -2.08. The lowest BCUT2D eigenvalue weighted by Gasteiger charge is -2.06. The highest BCUT2D eigenvalue weighted by atomic mass is 79.9. The molecule has 1 aromatic rings. The number of rotatable bonds is 4. The van der Waals surface area contributed by atoms with Gasteiger partial charge in [-0.3, -0.25) is 4.79 Å². The van der Waals surface area contributed by atoms with E-state index in [0.29, 0.717) is 11.4 Å². The van der Waals surface area contributed by atoms with Gasteiger partial charge >= 0.3 is 5.97 Å². The van der Waals surface area contributed by atoms with Crippen LogP contribution in [0.1, 0.15) is 0 Å². The van der Waals surface area contributed by atoms with Crippen molar-refractivity contribution in [1.29, 1.82) is 0 Å². The highest BCUT2D eigenvalue weighted by Crippen LogP contribution is 2.27. The third kappa shape index (κ3) is 4.28. The van der Waals surface area contributed by atoms with Crippen LogP contribution in [-0.4, -0.2) is 24.1 Å². The molecular weight excluding hydrogens is 290 g/mol. The number of anilines is 1. The summed E-state index contributed by atoms with van der Waals surface area (Å²) in [6.07, 6.45) is 1.71. The molecule has 2 N–H and O–H groups in total. The van der Waals surface area contributed by atoms with E-state index in [9.17, 15) is 9.59 Å². The zero-order chi connectivity index (χ0) is 12.8. The predicted molar refractivity (Wildman–Crippen MR) is 66.1 cm³/mol. The lowest BCUT2D eigenvalue weighted by molar-refractivity contribution is -0.131. The molecule has 0 spiro atoms. The second kappa shape index (κ2) is 6.05. The van der Waals surface area contributed by atoms with Crippen LogP contribution in [0.15, 0.2) is 34.8 Å². The number of amides is 1. The first-order chi connectivity index (χ1) is 8.02. The summed E-state index contributed by atoms with van der Waals surface area (Å²) in [5.41, 5.74) is 0.519. The summed E-state index contributed by atoms with van der Waals surface area (Å²) < 4.78 is 5.82. The van der Waals surface area contributed by atoms with Gasteiger partial charge in [0.25, 0.3) is 0 Å². The molecule has 0 bridgehead atoms. The fourth-order valence-corrected chi connectivity index (χ4v) is 1.48. The number of nitrogens with one attached hydrogen (secondary N) is 1. The predicted octanol–water partition coefficient (Wildman–Crippen LogP) is 2.04. The van der Waals surface area contributed by atoms with Crippen LogP contribution in [0.4, 0.5) is 5.69 Å². The topological polar surface area (TPSA) is 75.6 Å². The molecule has 0 heterocycles. The molecule has 0 aliphatic rings. The molecule has 0 aliphatic carbocycles. The average Bonchev–Trinajstić information content (AvgIpc) is 2.29. The van der Waals surface area contributed by atoms with Gasteiger partial charge < -0.3 is 15.2 Å². The van der Waals surface area contributed by atoms with E-state index < -0.39 is 11.9 Å². The average molecular weight is 300 g/mol. The molecule has 5 nitrogen and oxygen atoms in total. The van der Waals surface area contributed by atoms with Gasteiger partial charge in [0.1, 0.15) is 5.75 Å². The second-order valence-corrected chi connectivity index (χ2v) is 3.86. The molecule has 0 saturated carbocycles. The van der Waals surface area contributed by atoms with Gasteiger partial charge in [0, 0.05) is 23.9 Å². The Balaban J connectivity index is 2.75. The zero-order valence-electron chi connectivity index (χ0n) is 8.94. The molecule has 0 radical (unpaired) electrons. The van der Waals surface area contributed by atoms with Gasteiger partial charge in [-0.2, -0.15) is 0 Å². The largest absolute Gasteiger partial charge is 0.495 e. The van der Waals surface area contributed by atoms with Crippen LogP contribution >= 0.6 is 15.9 Å². The maximum atomic E-state index is 11.3. The number of halogens is 1. The van der Waals surface area contributed by atoms with E-state index in [0.717, 1.165) is 16.6 Å². The summed E-state index contributed by atoms with van der Waals surface area (Å²) in [5.74, 6) is -1.12. The van der Waals surface area contributed by atoms with Crippen molar-refractivity contribution in [2.24, 2.45) is 0 Å². The van der Waals surface area contributed by atoms with Crippen LogP contribution in [0.3, 0.4) is 0 Å². The Hall–Kier alpha value is -1.82. The van der Waals surface area contributed by atoms with Crippen LogP contribution < -0.4 is 10.1 Å². The van der Waals surface area contributed by atoms with Crippen molar-refractivity contribution in [3.05, 3.63) is 34.8 Å². The smallest absolute Gasteiger partial charge is 0.328 e. The fourth-order valence-electron chi connectivity index (χ4n) is 1.07. The molecule has 0 atom stereocenters. The number of hydrogen-bond acceptors (Lipinski definition) is 3. The van der Waals surface area contributed by atoms with Crippen molar-refractivity contribution < 1.29 is 19.4 Å². The monoisotopic (exact) mass is 299 g/mol. The summed E-state index contributed by atoms with van der Waals surface area (Å²) in [5, 5.41) is 10.9. The second-order valence-electron chi connectivity index (χ2n) is 3.01. The van der Waals surface area contributed by atoms with Crippen LogP contribution in [0, 0.1) is 0 Å². The Labute approximate surface area is 106 Å². The van der Waals surface area contributed by atoms with Gasteiger partial charge in [0.15, 0.2) is 0 Å². The number of carboxylic acid groups (broad SMARTS) is 1. The number of carbonyl (C=O) groups excluding carboxylic acids is 1. The fraction of sp³-hybridized carbons (Fsp3) is 0.0909. The minimum atomic E-state index is -1.17. The first-order valence-corrected chi connectivity index (χ1v) is 5.37. The van der Waals surface area contributed by atoms with E-state index in [1.807, 2.05) is 0 Å². The standard InChI is InChI=1S/C11H10BrNO4/c1-17-9-6-7(2-3-8(9)12)13-10(14)4-5-11(15)16/h2-6H,1H3,(H,13,14)(H,15,16)/b5-4-. The van der Waals surface area contributed by atoms with E-state index >= 15 is 0 Å². The first-order valence-electron chi connectivity index (χ1n) is 4.58. The molecule has 1 aromatic carbocycles. The summed E-state index contributed by atoms with van der Waals surface area (Å²) in [6.45, 7) is 0. The van der Waals surface area contributed by atoms with Crippen molar-refractivity contribution in [2.75, 3.05) is 12.4 Å². The number of methoxy groups -OCH3 is 1. The maximum Gasteiger partial charge on any atom is 0.328 e. The van der Waals surface area contributed by atoms with Gasteiger partial charge in [0.05, 0.1) is 11.6 Å². The maximum absolute atomic E-state index is 11.3. The van der Waals surface area contributed by atoms with Gasteiger partial charge in [-0.15, -0.1) is 0 Å². The van der Waals surface area contributed by atoms with Crippen molar-refractivity contribution in [3.8, 4) is 5.75 Å². The van der Waals surface area contributed by atoms with E-state index in [-0.39, 0.29) is 0 Å². The van der Waals surface area contributed by atoms with Crippen molar-refractivity contribution in [1.82, 2.24) is 0 Å². The molecule has 0 saturated heterocycles. The minimum Gasteiger partial charge on any atom is -0.495 e. The minimum absolute atomic E-state index is 0.517. The van der Waals surface area contributed by atoms with Crippen LogP contribution in [0.25, 0.3) is 0 Å². The quantitative estimate of drug-likeness (QED) is 0.834. The van der Waals surface area contributed by atoms with Crippen LogP contribution in [0.2, 0.25) is 0 Å². The van der Waals surface area contributed by atoms with Crippen LogP contribution in [-0.2, 0) is 9.59 Å². The Kier molecular flexibility index (Phi) is 4.71. The molecule has 0 unspecified atom stereocenters. The van der Waals surface area contributed by atoms with Gasteiger partial charge in [0.2, 0.25) is 5.91 Å². The molecule has 0 aromatic heterocycles. The Morgan fingerprint density at radius 1 is 1.41 bits per heavy atom. The molecule has 0 fully saturated rings. The normalized spacial score (nSPS) is 10.2. The van der Waals surface area contributed by atoms with Gasteiger partial charge in [-0.1, -0.05) is 0 Å². The molecule has 0 aliphatic heterocycles. The first kappa shape index (κ1) is 13.2. The van der Waals surface area contributed by atoms with Crippen molar-refractivity contribution >= 4 is 33.5 Å². The summed E-state index contributed by atoms with van der Waals surface area (Å²) in [4.78, 5) is 21.5. The van der Waals surface area contributed by atoms with E-state index in [2.05, 4.69) is 21.2 Å². The summed E-state index contributed by atoms with van der Waals surface area (Å²) >= 11 is 3.28. The molecule has 90 valence electrons. The van der Waals surface area contributed by atoms with E-state index in [1.54, 1.807) is 18.2 Å². The number of benzene rings is 1. The molecule has 1 rings (SSSR count). The van der Waals surface area contributed by atoms with Crippen molar-refractivity contribution in [3.63, 3.8) is 0 Å². The number of ether oxygens (including phenoxy) is 1. The number of carbonyl (C=O) groups is 2. The lowest BCUT2D eigenvalue weighted by atomic mass is 10.3. The molecule has 1 amide bonds. The van der Waals surface area contributed by atoms with E-state index in [4.69, 9.17) is 9.84 Å². The Morgan fingerprint density at radius 2 is 2.12 bits per heavy atom. The zero-order valence-corrected chi connectivity index (χ0v) is 10.5. The molecular formula is C11H10BrNO4. The number of hydrogen-bond donors (Lipinski definition) is 2. The number of carboxylic acids is 1. The SMILES string of the molecule is COc1cc(NC(=O)/C=C\C(=O)O)ccc1Br.